The van der Waals surface area contributed by atoms with Gasteiger partial charge in [0, 0.05) is 12.6 Å². The number of amides is 1. The van der Waals surface area contributed by atoms with Gasteiger partial charge < -0.3 is 15.1 Å². The van der Waals surface area contributed by atoms with E-state index in [4.69, 9.17) is 10.2 Å². The summed E-state index contributed by atoms with van der Waals surface area (Å²) in [5.74, 6) is -1.44. The third-order valence-electron chi connectivity index (χ3n) is 2.48. The molecular formula is C8H13NO4. The van der Waals surface area contributed by atoms with Gasteiger partial charge in [-0.05, 0) is 19.8 Å². The molecule has 5 heteroatoms. The molecule has 2 N–H and O–H groups in total. The van der Waals surface area contributed by atoms with Gasteiger partial charge in [0.1, 0.15) is 0 Å². The Morgan fingerprint density at radius 2 is 1.92 bits per heavy atom. The number of piperidine rings is 1. The minimum Gasteiger partial charge on any atom is -0.481 e. The zero-order valence-electron chi connectivity index (χ0n) is 7.43. The molecule has 0 aromatic rings. The van der Waals surface area contributed by atoms with Gasteiger partial charge in [-0.25, -0.2) is 4.79 Å². The van der Waals surface area contributed by atoms with E-state index in [1.807, 2.05) is 0 Å². The van der Waals surface area contributed by atoms with E-state index in [-0.39, 0.29) is 12.6 Å². The predicted molar refractivity (Wildman–Crippen MR) is 44.6 cm³/mol. The molecule has 0 aliphatic carbocycles. The highest BCUT2D eigenvalue weighted by Gasteiger charge is 2.32. The summed E-state index contributed by atoms with van der Waals surface area (Å²) < 4.78 is 0. The maximum absolute atomic E-state index is 10.7. The second-order valence-corrected chi connectivity index (χ2v) is 3.40. The van der Waals surface area contributed by atoms with Crippen LogP contribution in [0.2, 0.25) is 0 Å². The van der Waals surface area contributed by atoms with Crippen molar-refractivity contribution >= 4 is 12.1 Å². The molecule has 1 amide bonds. The molecule has 0 aromatic carbocycles. The van der Waals surface area contributed by atoms with Gasteiger partial charge in [-0.3, -0.25) is 4.79 Å². The molecule has 1 aliphatic rings. The Hall–Kier alpha value is -1.26. The number of aliphatic carboxylic acids is 1. The maximum atomic E-state index is 10.7. The Bertz CT molecular complexity index is 228. The van der Waals surface area contributed by atoms with Crippen LogP contribution in [-0.4, -0.2) is 39.8 Å². The van der Waals surface area contributed by atoms with E-state index in [1.165, 1.54) is 4.90 Å². The molecule has 2 atom stereocenters. The highest BCUT2D eigenvalue weighted by molar-refractivity contribution is 5.72. The highest BCUT2D eigenvalue weighted by atomic mass is 16.4. The van der Waals surface area contributed by atoms with Crippen LogP contribution >= 0.6 is 0 Å². The van der Waals surface area contributed by atoms with E-state index >= 15 is 0 Å². The lowest BCUT2D eigenvalue weighted by atomic mass is 9.94. The van der Waals surface area contributed by atoms with Crippen LogP contribution in [-0.2, 0) is 4.79 Å². The maximum Gasteiger partial charge on any atom is 0.407 e. The number of hydrogen-bond acceptors (Lipinski definition) is 2. The van der Waals surface area contributed by atoms with Crippen LogP contribution in [0.1, 0.15) is 19.8 Å². The molecule has 5 nitrogen and oxygen atoms in total. The monoisotopic (exact) mass is 187 g/mol. The number of rotatable bonds is 1. The van der Waals surface area contributed by atoms with Crippen molar-refractivity contribution in [1.82, 2.24) is 4.90 Å². The van der Waals surface area contributed by atoms with Crippen LogP contribution in [0.3, 0.4) is 0 Å². The van der Waals surface area contributed by atoms with Crippen molar-refractivity contribution in [2.24, 2.45) is 5.92 Å². The first-order chi connectivity index (χ1) is 6.02. The van der Waals surface area contributed by atoms with Crippen molar-refractivity contribution in [3.63, 3.8) is 0 Å². The van der Waals surface area contributed by atoms with E-state index in [0.717, 1.165) is 0 Å². The first kappa shape index (κ1) is 9.83. The van der Waals surface area contributed by atoms with Crippen molar-refractivity contribution < 1.29 is 19.8 Å². The fourth-order valence-electron chi connectivity index (χ4n) is 1.58. The number of carboxylic acid groups (broad SMARTS) is 2. The van der Waals surface area contributed by atoms with Crippen LogP contribution in [0.4, 0.5) is 4.79 Å². The first-order valence-electron chi connectivity index (χ1n) is 4.24. The van der Waals surface area contributed by atoms with E-state index in [0.29, 0.717) is 12.8 Å². The molecule has 1 saturated heterocycles. The lowest BCUT2D eigenvalue weighted by Crippen LogP contribution is -2.46. The molecule has 0 radical (unpaired) electrons. The van der Waals surface area contributed by atoms with Crippen molar-refractivity contribution in [3.8, 4) is 0 Å². The summed E-state index contributed by atoms with van der Waals surface area (Å²) in [6.45, 7) is 1.91. The fourth-order valence-corrected chi connectivity index (χ4v) is 1.58. The van der Waals surface area contributed by atoms with Crippen molar-refractivity contribution in [3.05, 3.63) is 0 Å². The summed E-state index contributed by atoms with van der Waals surface area (Å²) in [5, 5.41) is 17.4. The Kier molecular flexibility index (Phi) is 2.75. The number of carbonyl (C=O) groups is 2. The Morgan fingerprint density at radius 3 is 2.38 bits per heavy atom. The largest absolute Gasteiger partial charge is 0.481 e. The van der Waals surface area contributed by atoms with E-state index in [2.05, 4.69) is 0 Å². The number of likely N-dealkylation sites (tertiary alicyclic amines) is 1. The Balaban J connectivity index is 2.63. The topological polar surface area (TPSA) is 77.8 Å². The summed E-state index contributed by atoms with van der Waals surface area (Å²) in [6.07, 6.45) is 0.169. The average molecular weight is 187 g/mol. The number of hydrogen-bond donors (Lipinski definition) is 2. The van der Waals surface area contributed by atoms with Gasteiger partial charge in [-0.15, -0.1) is 0 Å². The number of nitrogens with zero attached hydrogens (tertiary/aromatic N) is 1. The fraction of sp³-hybridized carbons (Fsp3) is 0.750. The summed E-state index contributed by atoms with van der Waals surface area (Å²) in [4.78, 5) is 22.5. The summed E-state index contributed by atoms with van der Waals surface area (Å²) in [7, 11) is 0. The van der Waals surface area contributed by atoms with Crippen LogP contribution in [0.5, 0.6) is 0 Å². The van der Waals surface area contributed by atoms with Gasteiger partial charge in [0.05, 0.1) is 5.92 Å². The molecule has 0 aromatic heterocycles. The average Bonchev–Trinajstić information content (AvgIpc) is 2.04. The summed E-state index contributed by atoms with van der Waals surface area (Å²) >= 11 is 0. The third-order valence-corrected chi connectivity index (χ3v) is 2.48. The minimum atomic E-state index is -1.03. The van der Waals surface area contributed by atoms with Crippen LogP contribution in [0.15, 0.2) is 0 Å². The standard InChI is InChI=1S/C8H13NO4/c1-5-2-3-6(7(10)11)4-9(5)8(12)13/h5-6H,2-4H2,1H3,(H,10,11)(H,12,13). The quantitative estimate of drug-likeness (QED) is 0.637. The van der Waals surface area contributed by atoms with Crippen molar-refractivity contribution in [2.75, 3.05) is 6.54 Å². The molecular weight excluding hydrogens is 174 g/mol. The molecule has 0 saturated carbocycles. The zero-order chi connectivity index (χ0) is 10.0. The Labute approximate surface area is 76.0 Å². The SMILES string of the molecule is CC1CCC(C(=O)O)CN1C(=O)O. The molecule has 74 valence electrons. The second kappa shape index (κ2) is 3.64. The molecule has 1 aliphatic heterocycles. The lowest BCUT2D eigenvalue weighted by molar-refractivity contribution is -0.143. The van der Waals surface area contributed by atoms with Gasteiger partial charge in [-0.1, -0.05) is 0 Å². The molecule has 1 rings (SSSR count). The first-order valence-corrected chi connectivity index (χ1v) is 4.24. The van der Waals surface area contributed by atoms with Gasteiger partial charge in [0.15, 0.2) is 0 Å². The molecule has 13 heavy (non-hydrogen) atoms. The van der Waals surface area contributed by atoms with Gasteiger partial charge in [-0.2, -0.15) is 0 Å². The second-order valence-electron chi connectivity index (χ2n) is 3.40. The molecule has 1 fully saturated rings. The van der Waals surface area contributed by atoms with Crippen molar-refractivity contribution in [1.29, 1.82) is 0 Å². The van der Waals surface area contributed by atoms with Gasteiger partial charge >= 0.3 is 12.1 Å². The van der Waals surface area contributed by atoms with E-state index in [1.54, 1.807) is 6.92 Å². The summed E-state index contributed by atoms with van der Waals surface area (Å²) in [5.41, 5.74) is 0. The van der Waals surface area contributed by atoms with Gasteiger partial charge in [0.2, 0.25) is 0 Å². The number of carboxylic acids is 1. The lowest BCUT2D eigenvalue weighted by Gasteiger charge is -2.34. The van der Waals surface area contributed by atoms with Crippen LogP contribution < -0.4 is 0 Å². The Morgan fingerprint density at radius 1 is 1.31 bits per heavy atom. The minimum absolute atomic E-state index is 0.0619. The highest BCUT2D eigenvalue weighted by Crippen LogP contribution is 2.21. The van der Waals surface area contributed by atoms with Crippen molar-refractivity contribution in [2.45, 2.75) is 25.8 Å². The van der Waals surface area contributed by atoms with E-state index in [9.17, 15) is 9.59 Å². The zero-order valence-corrected chi connectivity index (χ0v) is 7.43. The predicted octanol–water partition coefficient (Wildman–Crippen LogP) is 0.850. The van der Waals surface area contributed by atoms with E-state index < -0.39 is 18.0 Å². The molecule has 2 unspecified atom stereocenters. The third kappa shape index (κ3) is 2.11. The van der Waals surface area contributed by atoms with Gasteiger partial charge in [0.25, 0.3) is 0 Å². The molecule has 0 spiro atoms. The van der Waals surface area contributed by atoms with Crippen LogP contribution in [0.25, 0.3) is 0 Å². The summed E-state index contributed by atoms with van der Waals surface area (Å²) in [6, 6.07) is -0.0619. The smallest absolute Gasteiger partial charge is 0.407 e. The normalized spacial score (nSPS) is 28.5. The molecule has 1 heterocycles. The van der Waals surface area contributed by atoms with Crippen LogP contribution in [0, 0.1) is 5.92 Å². The molecule has 0 bridgehead atoms.